The van der Waals surface area contributed by atoms with E-state index in [1.165, 1.54) is 34.0 Å². The zero-order chi connectivity index (χ0) is 31.2. The van der Waals surface area contributed by atoms with Crippen LogP contribution in [-0.4, -0.2) is 63.1 Å². The van der Waals surface area contributed by atoms with E-state index in [9.17, 15) is 9.90 Å². The van der Waals surface area contributed by atoms with E-state index in [0.29, 0.717) is 30.8 Å². The second-order valence-electron chi connectivity index (χ2n) is 11.7. The van der Waals surface area contributed by atoms with Gasteiger partial charge in [0.2, 0.25) is 5.88 Å². The van der Waals surface area contributed by atoms with Crippen LogP contribution in [0.1, 0.15) is 85.3 Å². The Balaban J connectivity index is 1.37. The molecule has 44 heavy (non-hydrogen) atoms. The first-order valence-corrected chi connectivity index (χ1v) is 15.7. The second kappa shape index (κ2) is 14.2. The summed E-state index contributed by atoms with van der Waals surface area (Å²) < 4.78 is 19.4. The summed E-state index contributed by atoms with van der Waals surface area (Å²) in [5.74, 6) is 0.304. The zero-order valence-electron chi connectivity index (χ0n) is 26.6. The molecule has 0 spiro atoms. The predicted octanol–water partition coefficient (Wildman–Crippen LogP) is 6.51. The van der Waals surface area contributed by atoms with Crippen LogP contribution in [0.25, 0.3) is 11.4 Å². The predicted molar refractivity (Wildman–Crippen MR) is 170 cm³/mol. The highest BCUT2D eigenvalue weighted by Gasteiger charge is 2.27. The third-order valence-electron chi connectivity index (χ3n) is 8.26. The molecule has 3 aromatic rings. The van der Waals surface area contributed by atoms with Crippen LogP contribution in [0.3, 0.4) is 0 Å². The van der Waals surface area contributed by atoms with Gasteiger partial charge in [0, 0.05) is 31.3 Å². The minimum absolute atomic E-state index is 0.00671. The van der Waals surface area contributed by atoms with Crippen LogP contribution in [0.15, 0.2) is 53.9 Å². The third kappa shape index (κ3) is 6.89. The van der Waals surface area contributed by atoms with Crippen molar-refractivity contribution in [1.82, 2.24) is 19.7 Å². The number of carboxylic acid groups (broad SMARTS) is 1. The number of pyridine rings is 1. The van der Waals surface area contributed by atoms with Crippen LogP contribution in [0.5, 0.6) is 5.88 Å². The maximum absolute atomic E-state index is 11.7. The first-order chi connectivity index (χ1) is 21.3. The molecule has 9 nitrogen and oxygen atoms in total. The van der Waals surface area contributed by atoms with Gasteiger partial charge >= 0.3 is 5.97 Å². The summed E-state index contributed by atoms with van der Waals surface area (Å²) in [5, 5.41) is 13.9. The fraction of sp³-hybridized carbons (Fsp3) is 0.457. The minimum atomic E-state index is -1.10. The van der Waals surface area contributed by atoms with Crippen molar-refractivity contribution in [2.45, 2.75) is 79.5 Å². The Hall–Kier alpha value is -3.95. The molecule has 2 aliphatic rings. The summed E-state index contributed by atoms with van der Waals surface area (Å²) in [6, 6.07) is 10.7. The highest BCUT2D eigenvalue weighted by molar-refractivity contribution is 5.90. The van der Waals surface area contributed by atoms with Crippen molar-refractivity contribution >= 4 is 11.5 Å². The number of aromatic carboxylic acids is 1. The summed E-state index contributed by atoms with van der Waals surface area (Å²) in [5.41, 5.74) is 7.96. The molecular formula is C35H44N4O5. The number of aromatic nitrogens is 3. The fourth-order valence-corrected chi connectivity index (χ4v) is 6.15. The van der Waals surface area contributed by atoms with Gasteiger partial charge in [-0.3, -0.25) is 4.90 Å². The summed E-state index contributed by atoms with van der Waals surface area (Å²) in [7, 11) is 0. The maximum atomic E-state index is 11.7. The van der Waals surface area contributed by atoms with E-state index in [4.69, 9.17) is 19.2 Å². The van der Waals surface area contributed by atoms with Crippen LogP contribution in [0, 0.1) is 6.92 Å². The minimum Gasteiger partial charge on any atom is -0.488 e. The highest BCUT2D eigenvalue weighted by atomic mass is 16.5. The molecule has 0 radical (unpaired) electrons. The summed E-state index contributed by atoms with van der Waals surface area (Å²) in [6.07, 6.45) is 7.60. The summed E-state index contributed by atoms with van der Waals surface area (Å²) in [4.78, 5) is 19.2. The van der Waals surface area contributed by atoms with Gasteiger partial charge in [0.15, 0.2) is 5.82 Å². The van der Waals surface area contributed by atoms with Crippen molar-refractivity contribution in [3.8, 4) is 11.7 Å². The van der Waals surface area contributed by atoms with Crippen LogP contribution in [0.2, 0.25) is 0 Å². The Labute approximate surface area is 260 Å². The maximum Gasteiger partial charge on any atom is 0.342 e. The summed E-state index contributed by atoms with van der Waals surface area (Å²) in [6.45, 7) is 14.7. The number of carbonyl (C=O) groups is 1. The van der Waals surface area contributed by atoms with Crippen molar-refractivity contribution in [2.75, 3.05) is 26.4 Å². The van der Waals surface area contributed by atoms with E-state index in [0.717, 1.165) is 68.0 Å². The number of ether oxygens (including phenoxy) is 3. The smallest absolute Gasteiger partial charge is 0.342 e. The van der Waals surface area contributed by atoms with Crippen molar-refractivity contribution in [3.05, 3.63) is 87.4 Å². The molecule has 234 valence electrons. The molecule has 1 aromatic carbocycles. The number of carboxylic acids is 1. The molecule has 0 unspecified atom stereocenters. The van der Waals surface area contributed by atoms with Gasteiger partial charge in [-0.1, -0.05) is 31.2 Å². The van der Waals surface area contributed by atoms with Crippen LogP contribution in [0.4, 0.5) is 0 Å². The van der Waals surface area contributed by atoms with Crippen molar-refractivity contribution in [1.29, 1.82) is 0 Å². The molecule has 9 heteroatoms. The van der Waals surface area contributed by atoms with E-state index in [1.807, 2.05) is 26.0 Å². The largest absolute Gasteiger partial charge is 0.488 e. The number of allylic oxidation sites excluding steroid dienone is 3. The molecular weight excluding hydrogens is 556 g/mol. The fourth-order valence-electron chi connectivity index (χ4n) is 6.15. The molecule has 0 saturated carbocycles. The Kier molecular flexibility index (Phi) is 10.2. The van der Waals surface area contributed by atoms with Crippen LogP contribution >= 0.6 is 0 Å². The van der Waals surface area contributed by atoms with E-state index >= 15 is 0 Å². The SMILES string of the molecule is CC/C=C(\C(OCc1cc(C)c2c(c1)CCN([C@H]1CCCOC1)C2)=C(C)C)c1cccc(-n2ncc(C(=O)O)c2OCC)n1. The Bertz CT molecular complexity index is 1550. The van der Waals surface area contributed by atoms with Crippen molar-refractivity contribution < 1.29 is 24.1 Å². The Morgan fingerprint density at radius 3 is 2.77 bits per heavy atom. The monoisotopic (exact) mass is 600 g/mol. The lowest BCUT2D eigenvalue weighted by molar-refractivity contribution is 0.0124. The number of fused-ring (bicyclic) bond motifs is 1. The number of nitrogens with zero attached hydrogens (tertiary/aromatic N) is 4. The lowest BCUT2D eigenvalue weighted by Crippen LogP contribution is -2.44. The molecule has 1 atom stereocenters. The first kappa shape index (κ1) is 31.5. The molecule has 0 amide bonds. The van der Waals surface area contributed by atoms with Gasteiger partial charge in [-0.05, 0) is 93.3 Å². The molecule has 0 bridgehead atoms. The van der Waals surface area contributed by atoms with E-state index in [-0.39, 0.29) is 11.4 Å². The zero-order valence-corrected chi connectivity index (χ0v) is 26.6. The van der Waals surface area contributed by atoms with E-state index in [1.54, 1.807) is 13.0 Å². The highest BCUT2D eigenvalue weighted by Crippen LogP contribution is 2.31. The van der Waals surface area contributed by atoms with Gasteiger partial charge in [-0.25, -0.2) is 9.78 Å². The number of rotatable bonds is 11. The molecule has 1 N–H and O–H groups in total. The summed E-state index contributed by atoms with van der Waals surface area (Å²) >= 11 is 0. The lowest BCUT2D eigenvalue weighted by atomic mass is 9.91. The molecule has 2 aliphatic heterocycles. The van der Waals surface area contributed by atoms with Crippen LogP contribution in [-0.2, 0) is 29.0 Å². The number of hydrogen-bond donors (Lipinski definition) is 1. The second-order valence-corrected chi connectivity index (χ2v) is 11.7. The third-order valence-corrected chi connectivity index (χ3v) is 8.26. The van der Waals surface area contributed by atoms with Crippen molar-refractivity contribution in [2.24, 2.45) is 0 Å². The van der Waals surface area contributed by atoms with Gasteiger partial charge in [-0.15, -0.1) is 0 Å². The standard InChI is InChI=1S/C35H44N4O5/c1-6-10-28(31-12-8-13-32(37-31)39-34(43-7-2)29(19-36-39)35(40)41)33(23(3)4)44-21-25-17-24(5)30-20-38(15-14-26(30)18-25)27-11-9-16-42-22-27/h8,10,12-13,17-19,27H,6-7,9,11,14-16,20-22H2,1-5H3,(H,40,41)/b28-10-/t27-/m0/s1. The van der Waals surface area contributed by atoms with Crippen LogP contribution < -0.4 is 4.74 Å². The topological polar surface area (TPSA) is 98.9 Å². The Morgan fingerprint density at radius 2 is 2.07 bits per heavy atom. The molecule has 2 aromatic heterocycles. The number of aryl methyl sites for hydroxylation is 1. The van der Waals surface area contributed by atoms with Crippen molar-refractivity contribution in [3.63, 3.8) is 0 Å². The normalized spacial score (nSPS) is 17.2. The number of benzene rings is 1. The van der Waals surface area contributed by atoms with Gasteiger partial charge in [0.05, 0.1) is 25.1 Å². The van der Waals surface area contributed by atoms with Gasteiger partial charge < -0.3 is 19.3 Å². The van der Waals surface area contributed by atoms with Gasteiger partial charge in [0.25, 0.3) is 0 Å². The molecule has 5 rings (SSSR count). The average Bonchev–Trinajstić information content (AvgIpc) is 3.45. The van der Waals surface area contributed by atoms with Gasteiger partial charge in [-0.2, -0.15) is 9.78 Å². The quantitative estimate of drug-likeness (QED) is 0.196. The van der Waals surface area contributed by atoms with E-state index in [2.05, 4.69) is 42.1 Å². The lowest BCUT2D eigenvalue weighted by Gasteiger charge is -2.38. The van der Waals surface area contributed by atoms with Gasteiger partial charge in [0.1, 0.15) is 17.9 Å². The molecule has 1 fully saturated rings. The molecule has 1 saturated heterocycles. The Morgan fingerprint density at radius 1 is 1.23 bits per heavy atom. The first-order valence-electron chi connectivity index (χ1n) is 15.7. The molecule has 4 heterocycles. The molecule has 0 aliphatic carbocycles. The van der Waals surface area contributed by atoms with E-state index < -0.39 is 5.97 Å². The number of hydrogen-bond acceptors (Lipinski definition) is 7. The average molecular weight is 601 g/mol.